The number of hydrogen-bond acceptors (Lipinski definition) is 4. The van der Waals surface area contributed by atoms with E-state index >= 15 is 0 Å². The Morgan fingerprint density at radius 1 is 1.47 bits per heavy atom. The molecule has 0 saturated heterocycles. The molecule has 0 aliphatic heterocycles. The van der Waals surface area contributed by atoms with Gasteiger partial charge in [-0.05, 0) is 12.1 Å². The van der Waals surface area contributed by atoms with Crippen LogP contribution in [0.1, 0.15) is 31.3 Å². The zero-order valence-electron chi connectivity index (χ0n) is 11.7. The van der Waals surface area contributed by atoms with Crippen molar-refractivity contribution in [3.05, 3.63) is 23.9 Å². The van der Waals surface area contributed by atoms with E-state index in [9.17, 15) is 4.79 Å². The molecule has 5 nitrogen and oxygen atoms in total. The number of carboxylic acid groups (broad SMARTS) is 1. The summed E-state index contributed by atoms with van der Waals surface area (Å²) >= 11 is 0. The van der Waals surface area contributed by atoms with E-state index in [1.165, 1.54) is 6.07 Å². The summed E-state index contributed by atoms with van der Waals surface area (Å²) < 4.78 is 5.49. The van der Waals surface area contributed by atoms with Crippen molar-refractivity contribution in [3.8, 4) is 0 Å². The van der Waals surface area contributed by atoms with Gasteiger partial charge in [-0.2, -0.15) is 0 Å². The Labute approximate surface area is 113 Å². The van der Waals surface area contributed by atoms with Gasteiger partial charge in [-0.3, -0.25) is 0 Å². The molecule has 1 heterocycles. The monoisotopic (exact) mass is 264 g/mol. The minimum atomic E-state index is -1.01. The second kappa shape index (κ2) is 4.81. The van der Waals surface area contributed by atoms with Gasteiger partial charge in [0.2, 0.25) is 0 Å². The molecule has 1 aliphatic rings. The van der Waals surface area contributed by atoms with Gasteiger partial charge in [0.05, 0.1) is 6.10 Å². The molecule has 0 bridgehead atoms. The van der Waals surface area contributed by atoms with Crippen LogP contribution in [0.25, 0.3) is 0 Å². The van der Waals surface area contributed by atoms with E-state index < -0.39 is 5.97 Å². The van der Waals surface area contributed by atoms with Crippen molar-refractivity contribution in [2.75, 3.05) is 12.4 Å². The third-order valence-corrected chi connectivity index (χ3v) is 4.06. The smallest absolute Gasteiger partial charge is 0.354 e. The van der Waals surface area contributed by atoms with Crippen molar-refractivity contribution in [2.24, 2.45) is 11.3 Å². The molecule has 1 fully saturated rings. The standard InChI is InChI=1S/C14H20N2O3/c1-8-11(14(2,3)12(8)19-4)16-10-7-5-6-9(15-10)13(17)18/h5-8,11-12H,1-4H3,(H,15,16)(H,17,18). The van der Waals surface area contributed by atoms with Crippen LogP contribution in [-0.4, -0.2) is 35.3 Å². The Hall–Kier alpha value is -1.62. The molecule has 0 radical (unpaired) electrons. The zero-order chi connectivity index (χ0) is 14.2. The summed E-state index contributed by atoms with van der Waals surface area (Å²) in [4.78, 5) is 15.0. The number of ether oxygens (including phenoxy) is 1. The van der Waals surface area contributed by atoms with E-state index in [0.29, 0.717) is 11.7 Å². The van der Waals surface area contributed by atoms with E-state index in [-0.39, 0.29) is 23.3 Å². The molecule has 1 aliphatic carbocycles. The maximum atomic E-state index is 10.9. The molecule has 104 valence electrons. The van der Waals surface area contributed by atoms with E-state index in [1.807, 2.05) is 0 Å². The molecular weight excluding hydrogens is 244 g/mol. The number of nitrogens with one attached hydrogen (secondary N) is 1. The highest BCUT2D eigenvalue weighted by molar-refractivity contribution is 5.85. The average molecular weight is 264 g/mol. The molecular formula is C14H20N2O3. The van der Waals surface area contributed by atoms with Crippen LogP contribution in [0.2, 0.25) is 0 Å². The molecule has 19 heavy (non-hydrogen) atoms. The van der Waals surface area contributed by atoms with Gasteiger partial charge >= 0.3 is 5.97 Å². The lowest BCUT2D eigenvalue weighted by atomic mass is 9.58. The number of nitrogens with zero attached hydrogens (tertiary/aromatic N) is 1. The molecule has 3 unspecified atom stereocenters. The van der Waals surface area contributed by atoms with Crippen molar-refractivity contribution in [3.63, 3.8) is 0 Å². The highest BCUT2D eigenvalue weighted by atomic mass is 16.5. The number of methoxy groups -OCH3 is 1. The predicted octanol–water partition coefficient (Wildman–Crippen LogP) is 2.25. The summed E-state index contributed by atoms with van der Waals surface area (Å²) in [6.07, 6.45) is 0.202. The van der Waals surface area contributed by atoms with Gasteiger partial charge in [0, 0.05) is 24.5 Å². The number of rotatable bonds is 4. The van der Waals surface area contributed by atoms with Gasteiger partial charge in [-0.15, -0.1) is 0 Å². The first-order chi connectivity index (χ1) is 8.87. The Bertz CT molecular complexity index is 487. The number of pyridine rings is 1. The summed E-state index contributed by atoms with van der Waals surface area (Å²) in [6, 6.07) is 5.19. The molecule has 0 amide bonds. The predicted molar refractivity (Wildman–Crippen MR) is 72.3 cm³/mol. The Morgan fingerprint density at radius 3 is 2.68 bits per heavy atom. The third-order valence-electron chi connectivity index (χ3n) is 4.06. The van der Waals surface area contributed by atoms with E-state index in [4.69, 9.17) is 9.84 Å². The summed E-state index contributed by atoms with van der Waals surface area (Å²) in [5.41, 5.74) is 0.0489. The fourth-order valence-electron chi connectivity index (χ4n) is 3.22. The minimum Gasteiger partial charge on any atom is -0.477 e. The molecule has 1 aromatic heterocycles. The Kier molecular flexibility index (Phi) is 3.49. The maximum Gasteiger partial charge on any atom is 0.354 e. The molecule has 2 N–H and O–H groups in total. The normalized spacial score (nSPS) is 28.5. The van der Waals surface area contributed by atoms with Gasteiger partial charge in [0.15, 0.2) is 5.69 Å². The first-order valence-electron chi connectivity index (χ1n) is 6.37. The maximum absolute atomic E-state index is 10.9. The molecule has 0 spiro atoms. The lowest BCUT2D eigenvalue weighted by Crippen LogP contribution is -2.64. The molecule has 2 rings (SSSR count). The fourth-order valence-corrected chi connectivity index (χ4v) is 3.22. The van der Waals surface area contributed by atoms with Gasteiger partial charge in [0.25, 0.3) is 0 Å². The quantitative estimate of drug-likeness (QED) is 0.872. The molecule has 5 heteroatoms. The minimum absolute atomic E-state index is 0.00489. The number of aromatic carboxylic acids is 1. The summed E-state index contributed by atoms with van der Waals surface area (Å²) in [7, 11) is 1.72. The fraction of sp³-hybridized carbons (Fsp3) is 0.571. The van der Waals surface area contributed by atoms with Crippen LogP contribution in [0.5, 0.6) is 0 Å². The number of aromatic nitrogens is 1. The lowest BCUT2D eigenvalue weighted by Gasteiger charge is -2.56. The largest absolute Gasteiger partial charge is 0.477 e. The second-order valence-electron chi connectivity index (χ2n) is 5.67. The molecule has 3 atom stereocenters. The van der Waals surface area contributed by atoms with Crippen molar-refractivity contribution in [1.82, 2.24) is 4.98 Å². The first kappa shape index (κ1) is 13.8. The van der Waals surface area contributed by atoms with E-state index in [1.54, 1.807) is 19.2 Å². The Morgan fingerprint density at radius 2 is 2.16 bits per heavy atom. The third kappa shape index (κ3) is 2.30. The number of carbonyl (C=O) groups is 1. The number of carboxylic acids is 1. The molecule has 0 aromatic carbocycles. The van der Waals surface area contributed by atoms with Crippen LogP contribution in [0.3, 0.4) is 0 Å². The molecule has 1 saturated carbocycles. The van der Waals surface area contributed by atoms with Crippen LogP contribution in [0, 0.1) is 11.3 Å². The van der Waals surface area contributed by atoms with Gasteiger partial charge in [-0.1, -0.05) is 26.8 Å². The van der Waals surface area contributed by atoms with Crippen molar-refractivity contribution in [1.29, 1.82) is 0 Å². The first-order valence-corrected chi connectivity index (χ1v) is 6.37. The van der Waals surface area contributed by atoms with E-state index in [2.05, 4.69) is 31.1 Å². The summed E-state index contributed by atoms with van der Waals surface area (Å²) in [5.74, 6) is -0.0611. The zero-order valence-corrected chi connectivity index (χ0v) is 11.7. The summed E-state index contributed by atoms with van der Waals surface area (Å²) in [5, 5.41) is 12.3. The van der Waals surface area contributed by atoms with Crippen molar-refractivity contribution < 1.29 is 14.6 Å². The van der Waals surface area contributed by atoms with Gasteiger partial charge < -0.3 is 15.2 Å². The lowest BCUT2D eigenvalue weighted by molar-refractivity contribution is -0.126. The van der Waals surface area contributed by atoms with Crippen molar-refractivity contribution in [2.45, 2.75) is 32.9 Å². The number of hydrogen-bond donors (Lipinski definition) is 2. The Balaban J connectivity index is 2.14. The van der Waals surface area contributed by atoms with Crippen LogP contribution >= 0.6 is 0 Å². The van der Waals surface area contributed by atoms with Crippen LogP contribution < -0.4 is 5.32 Å². The topological polar surface area (TPSA) is 71.5 Å². The number of anilines is 1. The summed E-state index contributed by atoms with van der Waals surface area (Å²) in [6.45, 7) is 6.40. The molecule has 1 aromatic rings. The van der Waals surface area contributed by atoms with E-state index in [0.717, 1.165) is 0 Å². The van der Waals surface area contributed by atoms with Crippen LogP contribution in [0.4, 0.5) is 5.82 Å². The second-order valence-corrected chi connectivity index (χ2v) is 5.67. The van der Waals surface area contributed by atoms with Gasteiger partial charge in [-0.25, -0.2) is 9.78 Å². The van der Waals surface area contributed by atoms with Crippen molar-refractivity contribution >= 4 is 11.8 Å². The van der Waals surface area contributed by atoms with Gasteiger partial charge in [0.1, 0.15) is 5.82 Å². The van der Waals surface area contributed by atoms with Crippen LogP contribution in [-0.2, 0) is 4.74 Å². The van der Waals surface area contributed by atoms with Crippen LogP contribution in [0.15, 0.2) is 18.2 Å². The average Bonchev–Trinajstić information content (AvgIpc) is 2.36. The highest BCUT2D eigenvalue weighted by Crippen LogP contribution is 2.48. The SMILES string of the molecule is COC1C(C)C(Nc2cccc(C(=O)O)n2)C1(C)C. The highest BCUT2D eigenvalue weighted by Gasteiger charge is 2.54.